The van der Waals surface area contributed by atoms with E-state index in [0.29, 0.717) is 19.6 Å². The second-order valence-corrected chi connectivity index (χ2v) is 9.34. The average molecular weight is 504 g/mol. The third-order valence-corrected chi connectivity index (χ3v) is 6.77. The van der Waals surface area contributed by atoms with E-state index < -0.39 is 0 Å². The van der Waals surface area contributed by atoms with Gasteiger partial charge in [-0.05, 0) is 71.2 Å². The molecular formula is C27H26BrN3O2. The summed E-state index contributed by atoms with van der Waals surface area (Å²) in [5.41, 5.74) is 4.18. The molecule has 1 saturated heterocycles. The van der Waals surface area contributed by atoms with Gasteiger partial charge in [-0.1, -0.05) is 36.4 Å². The number of carbonyl (C=O) groups excluding carboxylic acids is 1. The molecule has 0 N–H and O–H groups in total. The van der Waals surface area contributed by atoms with Crippen molar-refractivity contribution in [1.29, 1.82) is 0 Å². The van der Waals surface area contributed by atoms with Crippen molar-refractivity contribution in [3.8, 4) is 5.75 Å². The third-order valence-electron chi connectivity index (χ3n) is 6.10. The monoisotopic (exact) mass is 503 g/mol. The van der Waals surface area contributed by atoms with E-state index in [1.165, 1.54) is 5.56 Å². The summed E-state index contributed by atoms with van der Waals surface area (Å²) in [6.07, 6.45) is 1.32. The summed E-state index contributed by atoms with van der Waals surface area (Å²) in [5.74, 6) is 2.06. The lowest BCUT2D eigenvalue weighted by molar-refractivity contribution is -0.117. The molecule has 4 aromatic rings. The van der Waals surface area contributed by atoms with Gasteiger partial charge in [-0.3, -0.25) is 4.79 Å². The maximum absolute atomic E-state index is 12.9. The highest BCUT2D eigenvalue weighted by atomic mass is 79.9. The van der Waals surface area contributed by atoms with E-state index >= 15 is 0 Å². The van der Waals surface area contributed by atoms with Gasteiger partial charge in [0.25, 0.3) is 0 Å². The molecule has 0 saturated carbocycles. The van der Waals surface area contributed by atoms with Gasteiger partial charge in [-0.2, -0.15) is 0 Å². The minimum absolute atomic E-state index is 0.0506. The zero-order chi connectivity index (χ0) is 22.8. The molecule has 0 bridgehead atoms. The Hall–Kier alpha value is -3.12. The number of ether oxygens (including phenoxy) is 1. The van der Waals surface area contributed by atoms with Crippen LogP contribution in [-0.2, 0) is 11.3 Å². The molecule has 1 unspecified atom stereocenters. The summed E-state index contributed by atoms with van der Waals surface area (Å²) in [7, 11) is 0. The summed E-state index contributed by atoms with van der Waals surface area (Å²) >= 11 is 3.59. The van der Waals surface area contributed by atoms with Crippen LogP contribution in [0.2, 0.25) is 0 Å². The molecule has 1 atom stereocenters. The van der Waals surface area contributed by atoms with Crippen molar-refractivity contribution >= 4 is 38.6 Å². The first-order chi connectivity index (χ1) is 16.1. The average Bonchev–Trinajstić information content (AvgIpc) is 3.37. The highest BCUT2D eigenvalue weighted by Gasteiger charge is 2.35. The van der Waals surface area contributed by atoms with Crippen LogP contribution in [-0.4, -0.2) is 28.6 Å². The molecule has 1 aliphatic rings. The fourth-order valence-electron chi connectivity index (χ4n) is 4.54. The van der Waals surface area contributed by atoms with Crippen LogP contribution in [0.15, 0.2) is 77.3 Å². The van der Waals surface area contributed by atoms with Crippen LogP contribution in [0, 0.1) is 6.92 Å². The summed E-state index contributed by atoms with van der Waals surface area (Å²) in [4.78, 5) is 19.8. The van der Waals surface area contributed by atoms with E-state index in [1.54, 1.807) is 0 Å². The van der Waals surface area contributed by atoms with Gasteiger partial charge in [0.1, 0.15) is 11.6 Å². The summed E-state index contributed by atoms with van der Waals surface area (Å²) < 4.78 is 9.17. The molecule has 0 radical (unpaired) electrons. The van der Waals surface area contributed by atoms with E-state index in [0.717, 1.165) is 45.7 Å². The first-order valence-electron chi connectivity index (χ1n) is 11.3. The molecule has 1 aliphatic heterocycles. The fourth-order valence-corrected chi connectivity index (χ4v) is 5.04. The third kappa shape index (κ3) is 4.53. The molecule has 5 rings (SSSR count). The van der Waals surface area contributed by atoms with Gasteiger partial charge in [-0.15, -0.1) is 0 Å². The van der Waals surface area contributed by atoms with E-state index in [4.69, 9.17) is 9.72 Å². The minimum atomic E-state index is 0.0506. The molecule has 33 heavy (non-hydrogen) atoms. The maximum Gasteiger partial charge on any atom is 0.227 e. The number of fused-ring (bicyclic) bond motifs is 1. The van der Waals surface area contributed by atoms with Crippen molar-refractivity contribution < 1.29 is 9.53 Å². The van der Waals surface area contributed by atoms with E-state index in [1.807, 2.05) is 59.5 Å². The normalized spacial score (nSPS) is 16.0. The Labute approximate surface area is 202 Å². The van der Waals surface area contributed by atoms with Gasteiger partial charge in [0.2, 0.25) is 5.91 Å². The number of para-hydroxylation sites is 3. The van der Waals surface area contributed by atoms with Crippen LogP contribution in [0.1, 0.15) is 30.1 Å². The van der Waals surface area contributed by atoms with Gasteiger partial charge in [0.15, 0.2) is 0 Å². The van der Waals surface area contributed by atoms with Crippen LogP contribution >= 0.6 is 15.9 Å². The Bertz CT molecular complexity index is 1300. The molecule has 168 valence electrons. The van der Waals surface area contributed by atoms with E-state index in [9.17, 15) is 4.79 Å². The fraction of sp³-hybridized carbons (Fsp3) is 0.259. The van der Waals surface area contributed by atoms with Crippen molar-refractivity contribution in [3.63, 3.8) is 0 Å². The van der Waals surface area contributed by atoms with Crippen molar-refractivity contribution in [2.75, 3.05) is 18.1 Å². The van der Waals surface area contributed by atoms with Crippen LogP contribution < -0.4 is 9.64 Å². The Balaban J connectivity index is 1.36. The number of imidazole rings is 1. The molecule has 0 aliphatic carbocycles. The molecule has 3 aromatic carbocycles. The first kappa shape index (κ1) is 21.7. The number of aromatic nitrogens is 2. The maximum atomic E-state index is 12.9. The van der Waals surface area contributed by atoms with Crippen molar-refractivity contribution in [3.05, 3.63) is 88.7 Å². The lowest BCUT2D eigenvalue weighted by Gasteiger charge is -2.19. The number of amides is 1. The topological polar surface area (TPSA) is 47.4 Å². The Morgan fingerprint density at radius 2 is 1.88 bits per heavy atom. The zero-order valence-corrected chi connectivity index (χ0v) is 20.2. The SMILES string of the molecule is Cc1cccc(OCCCn2c(C3CC(=O)N(c4ccccc4Br)C3)nc3ccccc32)c1. The van der Waals surface area contributed by atoms with Crippen LogP contribution in [0.5, 0.6) is 5.75 Å². The number of anilines is 1. The summed E-state index contributed by atoms with van der Waals surface area (Å²) in [6.45, 7) is 4.12. The number of rotatable bonds is 7. The minimum Gasteiger partial charge on any atom is -0.494 e. The van der Waals surface area contributed by atoms with Gasteiger partial charge in [0, 0.05) is 29.9 Å². The van der Waals surface area contributed by atoms with Crippen molar-refractivity contribution in [2.45, 2.75) is 32.2 Å². The predicted molar refractivity (Wildman–Crippen MR) is 135 cm³/mol. The summed E-state index contributed by atoms with van der Waals surface area (Å²) in [6, 6.07) is 24.2. The lowest BCUT2D eigenvalue weighted by atomic mass is 10.1. The van der Waals surface area contributed by atoms with Gasteiger partial charge in [-0.25, -0.2) is 4.98 Å². The number of hydrogen-bond acceptors (Lipinski definition) is 3. The highest BCUT2D eigenvalue weighted by molar-refractivity contribution is 9.10. The van der Waals surface area contributed by atoms with Crippen molar-refractivity contribution in [1.82, 2.24) is 9.55 Å². The number of aryl methyl sites for hydroxylation is 2. The highest BCUT2D eigenvalue weighted by Crippen LogP contribution is 2.36. The number of benzene rings is 3. The van der Waals surface area contributed by atoms with Crippen molar-refractivity contribution in [2.24, 2.45) is 0 Å². The Morgan fingerprint density at radius 3 is 2.73 bits per heavy atom. The second kappa shape index (κ2) is 9.40. The zero-order valence-electron chi connectivity index (χ0n) is 18.6. The molecular weight excluding hydrogens is 478 g/mol. The number of hydrogen-bond donors (Lipinski definition) is 0. The largest absolute Gasteiger partial charge is 0.494 e. The smallest absolute Gasteiger partial charge is 0.227 e. The number of carbonyl (C=O) groups is 1. The quantitative estimate of drug-likeness (QED) is 0.286. The standard InChI is InChI=1S/C27H26BrN3O2/c1-19-8-6-9-21(16-19)33-15-7-14-30-25-13-5-3-11-23(25)29-27(30)20-17-26(32)31(18-20)24-12-4-2-10-22(24)28/h2-6,8-13,16,20H,7,14-15,17-18H2,1H3. The Kier molecular flexibility index (Phi) is 6.18. The molecule has 1 aromatic heterocycles. The molecule has 2 heterocycles. The second-order valence-electron chi connectivity index (χ2n) is 8.49. The van der Waals surface area contributed by atoms with Crippen LogP contribution in [0.4, 0.5) is 5.69 Å². The molecule has 1 amide bonds. The lowest BCUT2D eigenvalue weighted by Crippen LogP contribution is -2.25. The Morgan fingerprint density at radius 1 is 1.06 bits per heavy atom. The van der Waals surface area contributed by atoms with Gasteiger partial charge < -0.3 is 14.2 Å². The van der Waals surface area contributed by atoms with Crippen LogP contribution in [0.25, 0.3) is 11.0 Å². The number of nitrogens with zero attached hydrogens (tertiary/aromatic N) is 3. The van der Waals surface area contributed by atoms with Gasteiger partial charge >= 0.3 is 0 Å². The van der Waals surface area contributed by atoms with E-state index in [2.05, 4.69) is 45.6 Å². The van der Waals surface area contributed by atoms with Gasteiger partial charge in [0.05, 0.1) is 23.3 Å². The molecule has 1 fully saturated rings. The van der Waals surface area contributed by atoms with Crippen LogP contribution in [0.3, 0.4) is 0 Å². The molecule has 0 spiro atoms. The predicted octanol–water partition coefficient (Wildman–Crippen LogP) is 6.10. The van der Waals surface area contributed by atoms with E-state index in [-0.39, 0.29) is 11.8 Å². The molecule has 5 nitrogen and oxygen atoms in total. The first-order valence-corrected chi connectivity index (χ1v) is 12.1. The summed E-state index contributed by atoms with van der Waals surface area (Å²) in [5, 5.41) is 0. The molecule has 6 heteroatoms. The number of halogens is 1.